The normalized spacial score (nSPS) is 11.9. The number of unbranched alkanes of at least 4 members (excludes halogenated alkanes) is 2. The number of aryl methyl sites for hydroxylation is 2. The molecule has 0 saturated carbocycles. The second kappa shape index (κ2) is 10.2. The molecule has 0 spiro atoms. The van der Waals surface area contributed by atoms with Gasteiger partial charge in [0.05, 0.1) is 7.11 Å². The number of nitrogens with two attached hydrogens (primary N) is 1. The fourth-order valence-electron chi connectivity index (χ4n) is 3.82. The molecule has 0 aliphatic rings. The van der Waals surface area contributed by atoms with Crippen LogP contribution < -0.4 is 11.2 Å². The molecule has 0 unspecified atom stereocenters. The molecule has 4 rings (SSSR count). The van der Waals surface area contributed by atoms with E-state index in [0.717, 1.165) is 76.7 Å². The zero-order valence-electron chi connectivity index (χ0n) is 18.8. The van der Waals surface area contributed by atoms with Gasteiger partial charge in [-0.25, -0.2) is 5.48 Å². The van der Waals surface area contributed by atoms with E-state index in [4.69, 9.17) is 29.7 Å². The minimum absolute atomic E-state index is 0.200. The van der Waals surface area contributed by atoms with Crippen LogP contribution in [0.1, 0.15) is 41.9 Å². The molecule has 0 radical (unpaired) electrons. The third-order valence-corrected chi connectivity index (χ3v) is 5.47. The third kappa shape index (κ3) is 5.35. The molecule has 0 amide bonds. The first-order valence-corrected chi connectivity index (χ1v) is 10.9. The Morgan fingerprint density at radius 3 is 2.03 bits per heavy atom. The van der Waals surface area contributed by atoms with Crippen LogP contribution in [0.3, 0.4) is 0 Å². The molecule has 0 bridgehead atoms. The standard InChI is InChI=1S/C25H28N4O4/c1-30-28-24(26)18-10-8-16-12-20(32-22(16)14-18)6-4-3-5-7-21-13-17-9-11-19(15-23(17)33-21)25(27)29-31-2/h8-15H,3-7H2,1-2H3,(H2,26,28)(H2,27,29). The first kappa shape index (κ1) is 22.4. The maximum atomic E-state index is 7.92. The highest BCUT2D eigenvalue weighted by atomic mass is 16.6. The second-order valence-corrected chi connectivity index (χ2v) is 7.83. The van der Waals surface area contributed by atoms with Crippen molar-refractivity contribution in [3.05, 3.63) is 71.2 Å². The fraction of sp³-hybridized carbons (Fsp3) is 0.280. The monoisotopic (exact) mass is 448 g/mol. The average molecular weight is 449 g/mol. The third-order valence-electron chi connectivity index (χ3n) is 5.47. The lowest BCUT2D eigenvalue weighted by Crippen LogP contribution is -2.21. The number of rotatable bonds is 10. The lowest BCUT2D eigenvalue weighted by atomic mass is 10.1. The Bertz CT molecular complexity index is 1290. The Hall–Kier alpha value is -3.78. The number of amidine groups is 2. The van der Waals surface area contributed by atoms with Crippen LogP contribution in [-0.4, -0.2) is 25.9 Å². The summed E-state index contributed by atoms with van der Waals surface area (Å²) in [6.45, 7) is 0. The van der Waals surface area contributed by atoms with E-state index in [2.05, 4.69) is 22.8 Å². The van der Waals surface area contributed by atoms with Gasteiger partial charge in [-0.05, 0) is 37.1 Å². The molecule has 0 atom stereocenters. The summed E-state index contributed by atoms with van der Waals surface area (Å²) in [5.41, 5.74) is 11.5. The van der Waals surface area contributed by atoms with E-state index in [-0.39, 0.29) is 5.84 Å². The first-order chi connectivity index (χ1) is 16.1. The van der Waals surface area contributed by atoms with Crippen LogP contribution in [-0.2, 0) is 22.5 Å². The molecule has 33 heavy (non-hydrogen) atoms. The van der Waals surface area contributed by atoms with Crippen LogP contribution in [0.4, 0.5) is 0 Å². The van der Waals surface area contributed by atoms with E-state index in [0.29, 0.717) is 5.84 Å². The van der Waals surface area contributed by atoms with Gasteiger partial charge in [0.1, 0.15) is 35.6 Å². The summed E-state index contributed by atoms with van der Waals surface area (Å²) in [6, 6.07) is 15.6. The molecule has 4 N–H and O–H groups in total. The van der Waals surface area contributed by atoms with Crippen molar-refractivity contribution < 1.29 is 18.5 Å². The lowest BCUT2D eigenvalue weighted by molar-refractivity contribution is 0.144. The molecule has 4 aromatic rings. The average Bonchev–Trinajstić information content (AvgIpc) is 3.41. The highest BCUT2D eigenvalue weighted by molar-refractivity contribution is 6.00. The molecular weight excluding hydrogens is 420 g/mol. The van der Waals surface area contributed by atoms with Crippen molar-refractivity contribution in [2.75, 3.05) is 14.2 Å². The van der Waals surface area contributed by atoms with Crippen molar-refractivity contribution in [3.63, 3.8) is 0 Å². The minimum Gasteiger partial charge on any atom is -0.461 e. The fourth-order valence-corrected chi connectivity index (χ4v) is 3.82. The Balaban J connectivity index is 1.28. The van der Waals surface area contributed by atoms with Gasteiger partial charge < -0.3 is 19.4 Å². The first-order valence-electron chi connectivity index (χ1n) is 10.9. The molecule has 2 aromatic heterocycles. The number of nitrogens with zero attached hydrogens (tertiary/aromatic N) is 1. The maximum Gasteiger partial charge on any atom is 0.170 e. The SMILES string of the molecule is CON=C(N)c1ccc2cc(CCCCCc3cc4ccc(C(=N)NOC)cc4o3)oc2c1. The van der Waals surface area contributed by atoms with Crippen LogP contribution in [0, 0.1) is 5.41 Å². The van der Waals surface area contributed by atoms with Gasteiger partial charge in [-0.2, -0.15) is 0 Å². The molecule has 0 saturated heterocycles. The zero-order valence-corrected chi connectivity index (χ0v) is 18.8. The molecule has 2 aromatic carbocycles. The maximum absolute atomic E-state index is 7.92. The minimum atomic E-state index is 0.200. The topological polar surface area (TPSA) is 119 Å². The summed E-state index contributed by atoms with van der Waals surface area (Å²) in [4.78, 5) is 9.53. The van der Waals surface area contributed by atoms with Gasteiger partial charge in [-0.3, -0.25) is 10.2 Å². The van der Waals surface area contributed by atoms with Gasteiger partial charge in [0.15, 0.2) is 5.84 Å². The number of hydrogen-bond acceptors (Lipinski definition) is 6. The molecule has 2 heterocycles. The predicted molar refractivity (Wildman–Crippen MR) is 128 cm³/mol. The van der Waals surface area contributed by atoms with Crippen molar-refractivity contribution >= 4 is 33.6 Å². The summed E-state index contributed by atoms with van der Waals surface area (Å²) >= 11 is 0. The predicted octanol–water partition coefficient (Wildman–Crippen LogP) is 4.88. The molecule has 172 valence electrons. The number of benzene rings is 2. The van der Waals surface area contributed by atoms with Crippen LogP contribution in [0.5, 0.6) is 0 Å². The Morgan fingerprint density at radius 1 is 0.879 bits per heavy atom. The number of oxime groups is 1. The van der Waals surface area contributed by atoms with Crippen molar-refractivity contribution in [1.29, 1.82) is 5.41 Å². The number of furan rings is 2. The van der Waals surface area contributed by atoms with Crippen molar-refractivity contribution in [1.82, 2.24) is 5.48 Å². The van der Waals surface area contributed by atoms with E-state index in [1.165, 1.54) is 14.2 Å². The molecule has 8 heteroatoms. The summed E-state index contributed by atoms with van der Waals surface area (Å²) in [5.74, 6) is 2.45. The Labute approximate surface area is 191 Å². The van der Waals surface area contributed by atoms with Gasteiger partial charge in [0, 0.05) is 34.7 Å². The summed E-state index contributed by atoms with van der Waals surface area (Å²) < 4.78 is 12.0. The smallest absolute Gasteiger partial charge is 0.170 e. The summed E-state index contributed by atoms with van der Waals surface area (Å²) in [7, 11) is 2.95. The number of hydrogen-bond donors (Lipinski definition) is 3. The molecule has 0 fully saturated rings. The number of nitrogens with one attached hydrogen (secondary N) is 2. The van der Waals surface area contributed by atoms with Gasteiger partial charge in [0.25, 0.3) is 0 Å². The highest BCUT2D eigenvalue weighted by Gasteiger charge is 2.09. The Kier molecular flexibility index (Phi) is 6.95. The van der Waals surface area contributed by atoms with E-state index < -0.39 is 0 Å². The van der Waals surface area contributed by atoms with Crippen LogP contribution in [0.2, 0.25) is 0 Å². The van der Waals surface area contributed by atoms with Gasteiger partial charge in [-0.1, -0.05) is 35.8 Å². The number of hydroxylamine groups is 1. The van der Waals surface area contributed by atoms with Gasteiger partial charge in [-0.15, -0.1) is 0 Å². The van der Waals surface area contributed by atoms with E-state index in [1.807, 2.05) is 36.4 Å². The van der Waals surface area contributed by atoms with E-state index in [9.17, 15) is 0 Å². The van der Waals surface area contributed by atoms with Crippen molar-refractivity contribution in [2.45, 2.75) is 32.1 Å². The number of fused-ring (bicyclic) bond motifs is 2. The van der Waals surface area contributed by atoms with Crippen molar-refractivity contribution in [2.24, 2.45) is 10.9 Å². The molecule has 0 aliphatic heterocycles. The Morgan fingerprint density at radius 2 is 1.45 bits per heavy atom. The molecule has 0 aliphatic carbocycles. The van der Waals surface area contributed by atoms with Gasteiger partial charge >= 0.3 is 0 Å². The second-order valence-electron chi connectivity index (χ2n) is 7.83. The van der Waals surface area contributed by atoms with Crippen molar-refractivity contribution in [3.8, 4) is 0 Å². The molecular formula is C25H28N4O4. The summed E-state index contributed by atoms with van der Waals surface area (Å²) in [5, 5.41) is 13.8. The van der Waals surface area contributed by atoms with Crippen LogP contribution in [0.15, 0.2) is 62.5 Å². The zero-order chi connectivity index (χ0) is 23.2. The van der Waals surface area contributed by atoms with Crippen LogP contribution in [0.25, 0.3) is 21.9 Å². The van der Waals surface area contributed by atoms with E-state index >= 15 is 0 Å². The van der Waals surface area contributed by atoms with Gasteiger partial charge in [0.2, 0.25) is 0 Å². The lowest BCUT2D eigenvalue weighted by Gasteiger charge is -2.04. The van der Waals surface area contributed by atoms with E-state index in [1.54, 1.807) is 0 Å². The largest absolute Gasteiger partial charge is 0.461 e. The molecule has 8 nitrogen and oxygen atoms in total. The highest BCUT2D eigenvalue weighted by Crippen LogP contribution is 2.24. The van der Waals surface area contributed by atoms with Crippen LogP contribution >= 0.6 is 0 Å². The quantitative estimate of drug-likeness (QED) is 0.138. The summed E-state index contributed by atoms with van der Waals surface area (Å²) in [6.07, 6.45) is 4.88.